The van der Waals surface area contributed by atoms with Crippen LogP contribution in [0.15, 0.2) is 41.6 Å². The van der Waals surface area contributed by atoms with E-state index in [0.717, 1.165) is 29.5 Å². The Bertz CT molecular complexity index is 1080. The number of hydrogen-bond acceptors (Lipinski definition) is 6. The van der Waals surface area contributed by atoms with Gasteiger partial charge in [0, 0.05) is 17.5 Å². The molecule has 2 amide bonds. The zero-order valence-corrected chi connectivity index (χ0v) is 19.2. The van der Waals surface area contributed by atoms with Crippen LogP contribution < -0.4 is 10.9 Å². The topological polar surface area (TPSA) is 88.9 Å². The van der Waals surface area contributed by atoms with Gasteiger partial charge in [-0.15, -0.1) is 21.5 Å². The maximum Gasteiger partial charge on any atom is 0.269 e. The lowest BCUT2D eigenvalue weighted by atomic mass is 9.87. The molecule has 9 heteroatoms. The third kappa shape index (κ3) is 4.99. The monoisotopic (exact) mass is 455 g/mol. The van der Waals surface area contributed by atoms with Crippen LogP contribution in [0.4, 0.5) is 0 Å². The Morgan fingerprint density at radius 2 is 2.03 bits per heavy atom. The number of aryl methyl sites for hydroxylation is 1. The van der Waals surface area contributed by atoms with E-state index in [1.54, 1.807) is 35.6 Å². The predicted molar refractivity (Wildman–Crippen MR) is 123 cm³/mol. The Hall–Kier alpha value is -2.65. The number of hydrogen-bond donors (Lipinski definition) is 2. The number of nitrogens with zero attached hydrogens (tertiary/aromatic N) is 3. The number of amides is 2. The van der Waals surface area contributed by atoms with E-state index in [4.69, 9.17) is 0 Å². The van der Waals surface area contributed by atoms with Crippen molar-refractivity contribution in [1.29, 1.82) is 0 Å². The molecule has 1 atom stereocenters. The molecule has 1 unspecified atom stereocenters. The van der Waals surface area contributed by atoms with Crippen LogP contribution in [0.1, 0.15) is 40.6 Å². The second kappa shape index (κ2) is 9.65. The molecule has 0 bridgehead atoms. The van der Waals surface area contributed by atoms with E-state index in [9.17, 15) is 9.59 Å². The fourth-order valence-corrected chi connectivity index (χ4v) is 5.61. The van der Waals surface area contributed by atoms with Gasteiger partial charge in [-0.25, -0.2) is 0 Å². The van der Waals surface area contributed by atoms with Gasteiger partial charge >= 0.3 is 0 Å². The molecule has 1 aromatic carbocycles. The second-order valence-corrected chi connectivity index (χ2v) is 9.68. The molecule has 4 rings (SSSR count). The number of rotatable bonds is 6. The minimum atomic E-state index is -0.355. The van der Waals surface area contributed by atoms with Crippen LogP contribution in [0.25, 0.3) is 10.7 Å². The lowest BCUT2D eigenvalue weighted by Crippen LogP contribution is -2.42. The average Bonchev–Trinajstić information content (AvgIpc) is 3.38. The molecule has 3 aromatic rings. The van der Waals surface area contributed by atoms with Crippen molar-refractivity contribution in [2.75, 3.05) is 5.75 Å². The van der Waals surface area contributed by atoms with E-state index in [2.05, 4.69) is 34.0 Å². The Kier molecular flexibility index (Phi) is 6.72. The van der Waals surface area contributed by atoms with Crippen LogP contribution in [0.3, 0.4) is 0 Å². The van der Waals surface area contributed by atoms with Crippen molar-refractivity contribution < 1.29 is 9.59 Å². The van der Waals surface area contributed by atoms with Gasteiger partial charge in [-0.1, -0.05) is 43.3 Å². The summed E-state index contributed by atoms with van der Waals surface area (Å²) in [5, 5.41) is 9.29. The Morgan fingerprint density at radius 1 is 1.23 bits per heavy atom. The molecule has 0 radical (unpaired) electrons. The number of carbonyl (C=O) groups excluding carboxylic acids is 2. The third-order valence-electron chi connectivity index (χ3n) is 5.50. The zero-order valence-electron chi connectivity index (χ0n) is 17.6. The van der Waals surface area contributed by atoms with E-state index in [1.807, 2.05) is 17.7 Å². The van der Waals surface area contributed by atoms with E-state index < -0.39 is 0 Å². The highest BCUT2D eigenvalue weighted by molar-refractivity contribution is 7.99. The molecule has 162 valence electrons. The summed E-state index contributed by atoms with van der Waals surface area (Å²) < 4.78 is 1.93. The lowest BCUT2D eigenvalue weighted by Gasteiger charge is -2.19. The molecule has 7 nitrogen and oxygen atoms in total. The highest BCUT2D eigenvalue weighted by Crippen LogP contribution is 2.37. The van der Waals surface area contributed by atoms with E-state index in [-0.39, 0.29) is 17.6 Å². The highest BCUT2D eigenvalue weighted by Gasteiger charge is 2.22. The van der Waals surface area contributed by atoms with Crippen molar-refractivity contribution >= 4 is 34.9 Å². The Labute approximate surface area is 189 Å². The molecular weight excluding hydrogens is 430 g/mol. The van der Waals surface area contributed by atoms with Gasteiger partial charge in [0.15, 0.2) is 11.0 Å². The summed E-state index contributed by atoms with van der Waals surface area (Å²) in [6.45, 7) is 2.26. The zero-order chi connectivity index (χ0) is 21.8. The van der Waals surface area contributed by atoms with Crippen molar-refractivity contribution in [3.05, 3.63) is 52.4 Å². The van der Waals surface area contributed by atoms with Crippen LogP contribution in [0.5, 0.6) is 0 Å². The Morgan fingerprint density at radius 3 is 2.81 bits per heavy atom. The van der Waals surface area contributed by atoms with Crippen LogP contribution in [-0.2, 0) is 24.7 Å². The van der Waals surface area contributed by atoms with E-state index >= 15 is 0 Å². The van der Waals surface area contributed by atoms with Crippen LogP contribution in [0, 0.1) is 5.92 Å². The normalized spacial score (nSPS) is 15.4. The van der Waals surface area contributed by atoms with Gasteiger partial charge in [0.05, 0.1) is 10.6 Å². The maximum absolute atomic E-state index is 12.1. The molecular formula is C22H25N5O2S2. The van der Waals surface area contributed by atoms with Crippen molar-refractivity contribution in [2.45, 2.75) is 37.8 Å². The first-order valence-corrected chi connectivity index (χ1v) is 12.1. The van der Waals surface area contributed by atoms with Crippen molar-refractivity contribution in [3.8, 4) is 10.7 Å². The molecule has 2 N–H and O–H groups in total. The van der Waals surface area contributed by atoms with Gasteiger partial charge in [-0.2, -0.15) is 0 Å². The molecule has 31 heavy (non-hydrogen) atoms. The number of benzene rings is 1. The van der Waals surface area contributed by atoms with Crippen LogP contribution in [0.2, 0.25) is 0 Å². The van der Waals surface area contributed by atoms with Gasteiger partial charge in [0.2, 0.25) is 5.91 Å². The molecule has 2 aromatic heterocycles. The van der Waals surface area contributed by atoms with Gasteiger partial charge in [-0.05, 0) is 48.9 Å². The number of hydrazine groups is 1. The predicted octanol–water partition coefficient (Wildman–Crippen LogP) is 3.61. The van der Waals surface area contributed by atoms with Gasteiger partial charge < -0.3 is 4.57 Å². The van der Waals surface area contributed by atoms with Crippen LogP contribution >= 0.6 is 23.1 Å². The standard InChI is InChI=1S/C22H25N5O2S2/c1-3-14-9-10-17-16(11-14)12-18(31-17)20-24-26-22(27(20)2)30-13-19(28)23-25-21(29)15-7-5-4-6-8-15/h4-8,12,14H,3,9-11,13H2,1-2H3,(H,23,28)(H,25,29). The van der Waals surface area contributed by atoms with Crippen molar-refractivity contribution in [2.24, 2.45) is 13.0 Å². The van der Waals surface area contributed by atoms with Crippen molar-refractivity contribution in [3.63, 3.8) is 0 Å². The number of thioether (sulfide) groups is 1. The molecule has 0 saturated heterocycles. The number of fused-ring (bicyclic) bond motifs is 1. The molecule has 2 heterocycles. The summed E-state index contributed by atoms with van der Waals surface area (Å²) in [5.74, 6) is 1.07. The number of nitrogens with one attached hydrogen (secondary N) is 2. The van der Waals surface area contributed by atoms with Crippen LogP contribution in [-0.4, -0.2) is 32.3 Å². The van der Waals surface area contributed by atoms with E-state index in [1.165, 1.54) is 35.0 Å². The van der Waals surface area contributed by atoms with Gasteiger partial charge in [0.25, 0.3) is 5.91 Å². The smallest absolute Gasteiger partial charge is 0.269 e. The second-order valence-electron chi connectivity index (χ2n) is 7.60. The largest absolute Gasteiger partial charge is 0.304 e. The fourth-order valence-electron chi connectivity index (χ4n) is 3.67. The summed E-state index contributed by atoms with van der Waals surface area (Å²) in [5.41, 5.74) is 6.79. The minimum absolute atomic E-state index is 0.125. The summed E-state index contributed by atoms with van der Waals surface area (Å²) in [7, 11) is 1.92. The molecule has 0 aliphatic heterocycles. The summed E-state index contributed by atoms with van der Waals surface area (Å²) >= 11 is 3.09. The van der Waals surface area contributed by atoms with Gasteiger partial charge in [-0.3, -0.25) is 20.4 Å². The van der Waals surface area contributed by atoms with Gasteiger partial charge in [0.1, 0.15) is 0 Å². The first-order valence-electron chi connectivity index (χ1n) is 10.3. The highest BCUT2D eigenvalue weighted by atomic mass is 32.2. The molecule has 1 aliphatic rings. The quantitative estimate of drug-likeness (QED) is 0.438. The molecule has 0 fully saturated rings. The first-order chi connectivity index (χ1) is 15.0. The number of carbonyl (C=O) groups is 2. The molecule has 0 spiro atoms. The average molecular weight is 456 g/mol. The number of aromatic nitrogens is 3. The Balaban J connectivity index is 1.33. The number of thiophene rings is 1. The first kappa shape index (κ1) is 21.6. The minimum Gasteiger partial charge on any atom is -0.304 e. The maximum atomic E-state index is 12.1. The summed E-state index contributed by atoms with van der Waals surface area (Å²) in [6.07, 6.45) is 4.78. The third-order valence-corrected chi connectivity index (χ3v) is 7.75. The molecule has 1 aliphatic carbocycles. The van der Waals surface area contributed by atoms with E-state index in [0.29, 0.717) is 10.7 Å². The summed E-state index contributed by atoms with van der Waals surface area (Å²) in [4.78, 5) is 26.7. The summed E-state index contributed by atoms with van der Waals surface area (Å²) in [6, 6.07) is 11.0. The SMILES string of the molecule is CCC1CCc2sc(-c3nnc(SCC(=O)NNC(=O)c4ccccc4)n3C)cc2C1. The van der Waals surface area contributed by atoms with Crippen molar-refractivity contribution in [1.82, 2.24) is 25.6 Å². The lowest BCUT2D eigenvalue weighted by molar-refractivity contribution is -0.119. The molecule has 0 saturated carbocycles. The fraction of sp³-hybridized carbons (Fsp3) is 0.364.